The van der Waals surface area contributed by atoms with Crippen LogP contribution in [-0.4, -0.2) is 27.8 Å². The Hall–Kier alpha value is -3.55. The van der Waals surface area contributed by atoms with Crippen molar-refractivity contribution in [2.24, 2.45) is 7.05 Å². The third-order valence-electron chi connectivity index (χ3n) is 3.85. The van der Waals surface area contributed by atoms with E-state index < -0.39 is 11.5 Å². The highest BCUT2D eigenvalue weighted by Gasteiger charge is 2.14. The van der Waals surface area contributed by atoms with Crippen molar-refractivity contribution in [3.63, 3.8) is 0 Å². The fraction of sp³-hybridized carbons (Fsp3) is 0.158. The number of nitrogens with one attached hydrogen (secondary N) is 1. The van der Waals surface area contributed by atoms with Crippen molar-refractivity contribution in [2.75, 3.05) is 12.4 Å². The number of nitrogens with zero attached hydrogens (tertiary/aromatic N) is 3. The Morgan fingerprint density at radius 1 is 1.22 bits per heavy atom. The minimum absolute atomic E-state index is 0.0241. The molecule has 0 atom stereocenters. The summed E-state index contributed by atoms with van der Waals surface area (Å²) in [5.41, 5.74) is 1.30. The summed E-state index contributed by atoms with van der Waals surface area (Å²) in [6.07, 6.45) is 2.13. The molecule has 0 saturated heterocycles. The molecule has 0 aliphatic carbocycles. The second-order valence-electron chi connectivity index (χ2n) is 5.84. The Morgan fingerprint density at radius 3 is 2.70 bits per heavy atom. The van der Waals surface area contributed by atoms with Crippen molar-refractivity contribution in [3.8, 4) is 5.75 Å². The van der Waals surface area contributed by atoms with Gasteiger partial charge in [0.2, 0.25) is 0 Å². The van der Waals surface area contributed by atoms with E-state index in [1.54, 1.807) is 24.4 Å². The number of amides is 1. The SMILES string of the molecule is COc1cc(C(=O)Nc2ccc(Cc3cccc(F)c3)cn2)nn(C)c1=O. The minimum Gasteiger partial charge on any atom is -0.491 e. The zero-order valence-electron chi connectivity index (χ0n) is 14.8. The molecule has 8 heteroatoms. The van der Waals surface area contributed by atoms with E-state index in [1.807, 2.05) is 6.07 Å². The van der Waals surface area contributed by atoms with Gasteiger partial charge in [-0.05, 0) is 35.7 Å². The van der Waals surface area contributed by atoms with Gasteiger partial charge in [-0.25, -0.2) is 14.1 Å². The summed E-state index contributed by atoms with van der Waals surface area (Å²) in [5, 5.41) is 6.52. The van der Waals surface area contributed by atoms with Gasteiger partial charge in [-0.2, -0.15) is 5.10 Å². The number of halogens is 1. The molecule has 0 aliphatic rings. The molecule has 138 valence electrons. The first kappa shape index (κ1) is 18.2. The summed E-state index contributed by atoms with van der Waals surface area (Å²) in [6, 6.07) is 11.1. The molecule has 0 bridgehead atoms. The molecule has 3 rings (SSSR count). The van der Waals surface area contributed by atoms with Crippen molar-refractivity contribution >= 4 is 11.7 Å². The molecule has 0 aliphatic heterocycles. The van der Waals surface area contributed by atoms with Gasteiger partial charge in [0.05, 0.1) is 7.11 Å². The molecule has 1 N–H and O–H groups in total. The molecular weight excluding hydrogens is 351 g/mol. The molecule has 3 aromatic rings. The van der Waals surface area contributed by atoms with Gasteiger partial charge in [-0.15, -0.1) is 0 Å². The normalized spacial score (nSPS) is 10.5. The number of aromatic nitrogens is 3. The van der Waals surface area contributed by atoms with E-state index in [4.69, 9.17) is 4.74 Å². The van der Waals surface area contributed by atoms with Crippen LogP contribution in [0, 0.1) is 5.82 Å². The zero-order valence-corrected chi connectivity index (χ0v) is 14.8. The quantitative estimate of drug-likeness (QED) is 0.746. The van der Waals surface area contributed by atoms with Crippen LogP contribution in [-0.2, 0) is 13.5 Å². The van der Waals surface area contributed by atoms with Crippen molar-refractivity contribution in [2.45, 2.75) is 6.42 Å². The number of hydrogen-bond donors (Lipinski definition) is 1. The highest BCUT2D eigenvalue weighted by atomic mass is 19.1. The second kappa shape index (κ2) is 7.77. The van der Waals surface area contributed by atoms with Crippen LogP contribution < -0.4 is 15.6 Å². The molecule has 1 amide bonds. The summed E-state index contributed by atoms with van der Waals surface area (Å²) >= 11 is 0. The number of ether oxygens (including phenoxy) is 1. The van der Waals surface area contributed by atoms with Crippen molar-refractivity contribution in [1.82, 2.24) is 14.8 Å². The Kier molecular flexibility index (Phi) is 5.25. The lowest BCUT2D eigenvalue weighted by molar-refractivity contribution is 0.101. The number of carbonyl (C=O) groups excluding carboxylic acids is 1. The lowest BCUT2D eigenvalue weighted by Crippen LogP contribution is -2.25. The smallest absolute Gasteiger partial charge is 0.308 e. The largest absolute Gasteiger partial charge is 0.491 e. The summed E-state index contributed by atoms with van der Waals surface area (Å²) < 4.78 is 19.2. The lowest BCUT2D eigenvalue weighted by Gasteiger charge is -2.08. The number of hydrogen-bond acceptors (Lipinski definition) is 5. The van der Waals surface area contributed by atoms with Crippen LogP contribution in [0.5, 0.6) is 5.75 Å². The van der Waals surface area contributed by atoms with Crippen LogP contribution in [0.25, 0.3) is 0 Å². The van der Waals surface area contributed by atoms with Crippen molar-refractivity contribution in [3.05, 3.63) is 81.7 Å². The second-order valence-corrected chi connectivity index (χ2v) is 5.84. The van der Waals surface area contributed by atoms with E-state index in [9.17, 15) is 14.0 Å². The fourth-order valence-corrected chi connectivity index (χ4v) is 2.50. The van der Waals surface area contributed by atoms with E-state index in [-0.39, 0.29) is 17.3 Å². The van der Waals surface area contributed by atoms with Crippen LogP contribution in [0.1, 0.15) is 21.6 Å². The van der Waals surface area contributed by atoms with E-state index in [0.29, 0.717) is 12.2 Å². The Balaban J connectivity index is 1.72. The van der Waals surface area contributed by atoms with Crippen LogP contribution in [0.3, 0.4) is 0 Å². The maximum absolute atomic E-state index is 13.2. The number of anilines is 1. The summed E-state index contributed by atoms with van der Waals surface area (Å²) in [4.78, 5) is 28.3. The summed E-state index contributed by atoms with van der Waals surface area (Å²) in [7, 11) is 2.78. The van der Waals surface area contributed by atoms with Gasteiger partial charge in [0.15, 0.2) is 11.4 Å². The Labute approximate surface area is 154 Å². The highest BCUT2D eigenvalue weighted by Crippen LogP contribution is 2.13. The molecular formula is C19H17FN4O3. The number of aryl methyl sites for hydroxylation is 1. The predicted molar refractivity (Wildman–Crippen MR) is 97.4 cm³/mol. The van der Waals surface area contributed by atoms with E-state index >= 15 is 0 Å². The molecule has 0 saturated carbocycles. The number of benzene rings is 1. The Bertz CT molecular complexity index is 1030. The van der Waals surface area contributed by atoms with Gasteiger partial charge in [0, 0.05) is 19.3 Å². The standard InChI is InChI=1S/C19H17FN4O3/c1-24-19(26)16(27-2)10-15(23-24)18(25)22-17-7-6-13(11-21-17)8-12-4-3-5-14(20)9-12/h3-7,9-11H,8H2,1-2H3,(H,21,22,25). The fourth-order valence-electron chi connectivity index (χ4n) is 2.50. The molecule has 0 unspecified atom stereocenters. The molecule has 0 radical (unpaired) electrons. The molecule has 27 heavy (non-hydrogen) atoms. The highest BCUT2D eigenvalue weighted by molar-refractivity contribution is 6.02. The van der Waals surface area contributed by atoms with Crippen LogP contribution in [0.2, 0.25) is 0 Å². The third-order valence-corrected chi connectivity index (χ3v) is 3.85. The number of carbonyl (C=O) groups is 1. The first-order valence-corrected chi connectivity index (χ1v) is 8.09. The van der Waals surface area contributed by atoms with Gasteiger partial charge in [-0.3, -0.25) is 9.59 Å². The Morgan fingerprint density at radius 2 is 2.04 bits per heavy atom. The maximum Gasteiger partial charge on any atom is 0.308 e. The van der Waals surface area contributed by atoms with Gasteiger partial charge in [0.25, 0.3) is 5.91 Å². The molecule has 2 heterocycles. The average molecular weight is 368 g/mol. The van der Waals surface area contributed by atoms with Crippen molar-refractivity contribution in [1.29, 1.82) is 0 Å². The van der Waals surface area contributed by atoms with Crippen LogP contribution in [0.4, 0.5) is 10.2 Å². The summed E-state index contributed by atoms with van der Waals surface area (Å²) in [6.45, 7) is 0. The first-order chi connectivity index (χ1) is 13.0. The third kappa shape index (κ3) is 4.35. The average Bonchev–Trinajstić information content (AvgIpc) is 2.65. The number of methoxy groups -OCH3 is 1. The first-order valence-electron chi connectivity index (χ1n) is 8.09. The number of pyridine rings is 1. The van der Waals surface area contributed by atoms with Gasteiger partial charge in [-0.1, -0.05) is 18.2 Å². The van der Waals surface area contributed by atoms with E-state index in [1.165, 1.54) is 32.4 Å². The lowest BCUT2D eigenvalue weighted by atomic mass is 10.1. The maximum atomic E-state index is 13.2. The number of rotatable bonds is 5. The van der Waals surface area contributed by atoms with Crippen LogP contribution in [0.15, 0.2) is 53.5 Å². The predicted octanol–water partition coefficient (Wildman–Crippen LogP) is 2.17. The minimum atomic E-state index is -0.519. The zero-order chi connectivity index (χ0) is 19.4. The van der Waals surface area contributed by atoms with Crippen LogP contribution >= 0.6 is 0 Å². The molecule has 1 aromatic carbocycles. The molecule has 7 nitrogen and oxygen atoms in total. The molecule has 0 spiro atoms. The monoisotopic (exact) mass is 368 g/mol. The van der Waals surface area contributed by atoms with E-state index in [2.05, 4.69) is 15.4 Å². The van der Waals surface area contributed by atoms with Crippen molar-refractivity contribution < 1.29 is 13.9 Å². The van der Waals surface area contributed by atoms with Gasteiger partial charge in [0.1, 0.15) is 11.6 Å². The van der Waals surface area contributed by atoms with Gasteiger partial charge >= 0.3 is 5.56 Å². The molecule has 0 fully saturated rings. The topological polar surface area (TPSA) is 86.1 Å². The summed E-state index contributed by atoms with van der Waals surface area (Å²) in [5.74, 6) is -0.451. The van der Waals surface area contributed by atoms with E-state index in [0.717, 1.165) is 15.8 Å². The van der Waals surface area contributed by atoms with Gasteiger partial charge < -0.3 is 10.1 Å². The molecule has 2 aromatic heterocycles.